The summed E-state index contributed by atoms with van der Waals surface area (Å²) in [6.45, 7) is 5.49. The van der Waals surface area contributed by atoms with Crippen LogP contribution in [0.1, 0.15) is 16.7 Å². The van der Waals surface area contributed by atoms with Crippen LogP contribution < -0.4 is 20.1 Å². The number of hydrogen-bond acceptors (Lipinski definition) is 6. The number of carbonyl (C=O) groups is 1. The third kappa shape index (κ3) is 4.79. The number of nitrogens with zero attached hydrogens (tertiary/aromatic N) is 2. The molecule has 0 aliphatic carbocycles. The van der Waals surface area contributed by atoms with Crippen LogP contribution in [-0.2, 0) is 17.9 Å². The number of carbonyl (C=O) groups excluding carboxylic acids is 1. The summed E-state index contributed by atoms with van der Waals surface area (Å²) < 4.78 is 11.0. The van der Waals surface area contributed by atoms with Gasteiger partial charge in [-0.1, -0.05) is 12.1 Å². The Morgan fingerprint density at radius 2 is 2.18 bits per heavy atom. The second-order valence-electron chi connectivity index (χ2n) is 6.91. The molecule has 28 heavy (non-hydrogen) atoms. The van der Waals surface area contributed by atoms with E-state index in [4.69, 9.17) is 9.47 Å². The fourth-order valence-corrected chi connectivity index (χ4v) is 3.55. The highest BCUT2D eigenvalue weighted by Gasteiger charge is 2.26. The molecule has 2 N–H and O–H groups in total. The maximum atomic E-state index is 12.6. The van der Waals surface area contributed by atoms with Gasteiger partial charge < -0.3 is 20.1 Å². The number of hydrogen-bond donors (Lipinski definition) is 2. The zero-order chi connectivity index (χ0) is 19.9. The second-order valence-corrected chi connectivity index (χ2v) is 6.91. The molecule has 1 unspecified atom stereocenters. The van der Waals surface area contributed by atoms with Gasteiger partial charge in [0.1, 0.15) is 11.5 Å². The minimum atomic E-state index is -0.240. The number of ether oxygens (including phenoxy) is 2. The molecule has 0 bridgehead atoms. The Balaban J connectivity index is 1.60. The van der Waals surface area contributed by atoms with Gasteiger partial charge in [0, 0.05) is 56.2 Å². The molecule has 7 nitrogen and oxygen atoms in total. The van der Waals surface area contributed by atoms with Gasteiger partial charge in [0.15, 0.2) is 0 Å². The van der Waals surface area contributed by atoms with Gasteiger partial charge in [-0.25, -0.2) is 0 Å². The zero-order valence-electron chi connectivity index (χ0n) is 16.7. The number of benzene rings is 1. The maximum absolute atomic E-state index is 12.6. The summed E-state index contributed by atoms with van der Waals surface area (Å²) >= 11 is 0. The molecule has 0 radical (unpaired) electrons. The average molecular weight is 384 g/mol. The van der Waals surface area contributed by atoms with E-state index in [1.807, 2.05) is 31.2 Å². The van der Waals surface area contributed by atoms with Gasteiger partial charge in [0.05, 0.1) is 20.3 Å². The summed E-state index contributed by atoms with van der Waals surface area (Å²) in [5.41, 5.74) is 3.07. The number of rotatable bonds is 7. The Hall–Kier alpha value is -2.64. The molecule has 1 aliphatic heterocycles. The van der Waals surface area contributed by atoms with Crippen molar-refractivity contribution < 1.29 is 14.3 Å². The minimum Gasteiger partial charge on any atom is -0.496 e. The highest BCUT2D eigenvalue weighted by Crippen LogP contribution is 2.32. The van der Waals surface area contributed by atoms with Crippen LogP contribution in [0.3, 0.4) is 0 Å². The molecule has 1 fully saturated rings. The molecular formula is C21H28N4O3. The molecule has 1 aromatic heterocycles. The van der Waals surface area contributed by atoms with E-state index in [0.717, 1.165) is 47.8 Å². The largest absolute Gasteiger partial charge is 0.496 e. The Kier molecular flexibility index (Phi) is 6.84. The van der Waals surface area contributed by atoms with Crippen molar-refractivity contribution in [2.45, 2.75) is 26.1 Å². The number of aromatic nitrogens is 1. The third-order valence-corrected chi connectivity index (χ3v) is 5.02. The summed E-state index contributed by atoms with van der Waals surface area (Å²) in [6.07, 6.45) is 3.49. The summed E-state index contributed by atoms with van der Waals surface area (Å²) in [5.74, 6) is 1.66. The highest BCUT2D eigenvalue weighted by molar-refractivity contribution is 5.82. The first kappa shape index (κ1) is 20.1. The van der Waals surface area contributed by atoms with Crippen molar-refractivity contribution in [3.63, 3.8) is 0 Å². The second kappa shape index (κ2) is 9.52. The predicted molar refractivity (Wildman–Crippen MR) is 107 cm³/mol. The lowest BCUT2D eigenvalue weighted by atomic mass is 10.1. The number of methoxy groups -OCH3 is 2. The summed E-state index contributed by atoms with van der Waals surface area (Å²) in [4.78, 5) is 18.9. The fraction of sp³-hybridized carbons (Fsp3) is 0.429. The average Bonchev–Trinajstić information content (AvgIpc) is 2.73. The van der Waals surface area contributed by atoms with Gasteiger partial charge in [0.25, 0.3) is 0 Å². The lowest BCUT2D eigenvalue weighted by Gasteiger charge is -2.33. The monoisotopic (exact) mass is 384 g/mol. The van der Waals surface area contributed by atoms with Gasteiger partial charge in [-0.3, -0.25) is 14.7 Å². The SMILES string of the molecule is COc1ccc(CN2CCNC(C(=O)NCc3cccnc3)C2)c(OC)c1C. The number of amides is 1. The minimum absolute atomic E-state index is 0.00595. The van der Waals surface area contributed by atoms with Crippen molar-refractivity contribution >= 4 is 5.91 Å². The van der Waals surface area contributed by atoms with Crippen molar-refractivity contribution in [1.29, 1.82) is 0 Å². The summed E-state index contributed by atoms with van der Waals surface area (Å²) in [7, 11) is 3.34. The third-order valence-electron chi connectivity index (χ3n) is 5.02. The number of piperazine rings is 1. The molecular weight excluding hydrogens is 356 g/mol. The fourth-order valence-electron chi connectivity index (χ4n) is 3.55. The Bertz CT molecular complexity index is 798. The normalized spacial score (nSPS) is 17.2. The van der Waals surface area contributed by atoms with Gasteiger partial charge >= 0.3 is 0 Å². The lowest BCUT2D eigenvalue weighted by Crippen LogP contribution is -2.56. The van der Waals surface area contributed by atoms with Crippen LogP contribution in [0.4, 0.5) is 0 Å². The van der Waals surface area contributed by atoms with Gasteiger partial charge in [0.2, 0.25) is 5.91 Å². The zero-order valence-corrected chi connectivity index (χ0v) is 16.7. The van der Waals surface area contributed by atoms with Crippen LogP contribution in [0.5, 0.6) is 11.5 Å². The molecule has 2 aromatic rings. The van der Waals surface area contributed by atoms with Crippen molar-refractivity contribution in [3.05, 3.63) is 53.3 Å². The quantitative estimate of drug-likeness (QED) is 0.754. The van der Waals surface area contributed by atoms with Crippen LogP contribution in [0, 0.1) is 6.92 Å². The van der Waals surface area contributed by atoms with E-state index in [9.17, 15) is 4.79 Å². The number of nitrogens with one attached hydrogen (secondary N) is 2. The predicted octanol–water partition coefficient (Wildman–Crippen LogP) is 1.50. The van der Waals surface area contributed by atoms with Crippen LogP contribution in [-0.4, -0.2) is 55.7 Å². The molecule has 1 amide bonds. The van der Waals surface area contributed by atoms with Crippen LogP contribution in [0.25, 0.3) is 0 Å². The van der Waals surface area contributed by atoms with Gasteiger partial charge in [-0.05, 0) is 24.6 Å². The molecule has 1 atom stereocenters. The summed E-state index contributed by atoms with van der Waals surface area (Å²) in [5, 5.41) is 6.30. The standard InChI is InChI=1S/C21H28N4O3/c1-15-19(27-2)7-6-17(20(15)28-3)13-25-10-9-23-18(14-25)21(26)24-12-16-5-4-8-22-11-16/h4-8,11,18,23H,9-10,12-14H2,1-3H3,(H,24,26). The van der Waals surface area contributed by atoms with E-state index in [1.54, 1.807) is 26.6 Å². The van der Waals surface area contributed by atoms with Gasteiger partial charge in [-0.2, -0.15) is 0 Å². The highest BCUT2D eigenvalue weighted by atomic mass is 16.5. The van der Waals surface area contributed by atoms with Crippen LogP contribution in [0.2, 0.25) is 0 Å². The maximum Gasteiger partial charge on any atom is 0.238 e. The molecule has 1 aliphatic rings. The Labute approximate surface area is 166 Å². The van der Waals surface area contributed by atoms with Gasteiger partial charge in [-0.15, -0.1) is 0 Å². The van der Waals surface area contributed by atoms with E-state index in [1.165, 1.54) is 0 Å². The van der Waals surface area contributed by atoms with Crippen molar-refractivity contribution in [2.24, 2.45) is 0 Å². The van der Waals surface area contributed by atoms with E-state index in [0.29, 0.717) is 13.1 Å². The smallest absolute Gasteiger partial charge is 0.238 e. The van der Waals surface area contributed by atoms with Crippen molar-refractivity contribution in [2.75, 3.05) is 33.9 Å². The lowest BCUT2D eigenvalue weighted by molar-refractivity contribution is -0.124. The van der Waals surface area contributed by atoms with E-state index in [-0.39, 0.29) is 11.9 Å². The Morgan fingerprint density at radius 1 is 1.32 bits per heavy atom. The van der Waals surface area contributed by atoms with Crippen LogP contribution in [0.15, 0.2) is 36.7 Å². The first-order chi connectivity index (χ1) is 13.6. The van der Waals surface area contributed by atoms with Crippen LogP contribution >= 0.6 is 0 Å². The molecule has 7 heteroatoms. The molecule has 3 rings (SSSR count). The van der Waals surface area contributed by atoms with E-state index >= 15 is 0 Å². The first-order valence-corrected chi connectivity index (χ1v) is 9.45. The molecule has 2 heterocycles. The van der Waals surface area contributed by atoms with E-state index in [2.05, 4.69) is 20.5 Å². The molecule has 0 saturated carbocycles. The molecule has 1 aromatic carbocycles. The van der Waals surface area contributed by atoms with Crippen molar-refractivity contribution in [1.82, 2.24) is 20.5 Å². The molecule has 1 saturated heterocycles. The van der Waals surface area contributed by atoms with E-state index < -0.39 is 0 Å². The molecule has 150 valence electrons. The first-order valence-electron chi connectivity index (χ1n) is 9.45. The topological polar surface area (TPSA) is 75.7 Å². The Morgan fingerprint density at radius 3 is 2.89 bits per heavy atom. The summed E-state index contributed by atoms with van der Waals surface area (Å²) in [6, 6.07) is 7.58. The molecule has 0 spiro atoms. The van der Waals surface area contributed by atoms with Crippen molar-refractivity contribution in [3.8, 4) is 11.5 Å². The number of pyridine rings is 1.